The molecule has 1 heterocycles. The highest BCUT2D eigenvalue weighted by atomic mass is 32.2. The standard InChI is InChI=1S/C17H21N3O3S2/c1-4-24-16-11-13(9-10-18-16)17(21)19-12(2)14-7-5-6-8-15(14)20-25(3,22)23/h5-12,20H,4H2,1-3H3,(H,19,21). The van der Waals surface area contributed by atoms with Crippen LogP contribution in [-0.2, 0) is 10.0 Å². The molecule has 0 saturated heterocycles. The molecule has 6 nitrogen and oxygen atoms in total. The van der Waals surface area contributed by atoms with Crippen molar-refractivity contribution in [3.05, 3.63) is 53.7 Å². The number of thioether (sulfide) groups is 1. The number of nitrogens with zero attached hydrogens (tertiary/aromatic N) is 1. The summed E-state index contributed by atoms with van der Waals surface area (Å²) >= 11 is 1.56. The lowest BCUT2D eigenvalue weighted by Gasteiger charge is -2.18. The van der Waals surface area contributed by atoms with Crippen LogP contribution in [0.2, 0.25) is 0 Å². The van der Waals surface area contributed by atoms with Gasteiger partial charge in [0.15, 0.2) is 0 Å². The van der Waals surface area contributed by atoms with Crippen molar-refractivity contribution in [1.82, 2.24) is 10.3 Å². The number of carbonyl (C=O) groups is 1. The molecular formula is C17H21N3O3S2. The van der Waals surface area contributed by atoms with Crippen LogP contribution in [0.4, 0.5) is 5.69 Å². The number of rotatable bonds is 7. The molecule has 1 amide bonds. The summed E-state index contributed by atoms with van der Waals surface area (Å²) < 4.78 is 25.5. The molecule has 25 heavy (non-hydrogen) atoms. The van der Waals surface area contributed by atoms with E-state index in [9.17, 15) is 13.2 Å². The summed E-state index contributed by atoms with van der Waals surface area (Å²) in [6, 6.07) is 10.0. The molecule has 0 bridgehead atoms. The lowest BCUT2D eigenvalue weighted by Crippen LogP contribution is -2.27. The molecule has 0 aliphatic heterocycles. The second-order valence-electron chi connectivity index (χ2n) is 5.47. The fraction of sp³-hybridized carbons (Fsp3) is 0.294. The number of benzene rings is 1. The highest BCUT2D eigenvalue weighted by molar-refractivity contribution is 7.99. The Morgan fingerprint density at radius 2 is 2.00 bits per heavy atom. The van der Waals surface area contributed by atoms with E-state index in [1.54, 1.807) is 54.4 Å². The molecule has 8 heteroatoms. The Labute approximate surface area is 152 Å². The fourth-order valence-electron chi connectivity index (χ4n) is 2.30. The van der Waals surface area contributed by atoms with Crippen LogP contribution in [0.15, 0.2) is 47.6 Å². The second-order valence-corrected chi connectivity index (χ2v) is 8.51. The van der Waals surface area contributed by atoms with E-state index in [1.807, 2.05) is 13.8 Å². The van der Waals surface area contributed by atoms with E-state index in [0.29, 0.717) is 16.8 Å². The van der Waals surface area contributed by atoms with Crippen molar-refractivity contribution in [1.29, 1.82) is 0 Å². The highest BCUT2D eigenvalue weighted by Gasteiger charge is 2.16. The van der Waals surface area contributed by atoms with Crippen LogP contribution in [0, 0.1) is 0 Å². The smallest absolute Gasteiger partial charge is 0.251 e. The maximum Gasteiger partial charge on any atom is 0.251 e. The first kappa shape index (κ1) is 19.3. The molecule has 0 aliphatic carbocycles. The van der Waals surface area contributed by atoms with Crippen molar-refractivity contribution in [2.24, 2.45) is 0 Å². The Bertz CT molecular complexity index is 854. The third kappa shape index (κ3) is 5.75. The van der Waals surface area contributed by atoms with Gasteiger partial charge >= 0.3 is 0 Å². The first-order valence-electron chi connectivity index (χ1n) is 7.76. The number of nitrogens with one attached hydrogen (secondary N) is 2. The van der Waals surface area contributed by atoms with Crippen LogP contribution < -0.4 is 10.0 Å². The van der Waals surface area contributed by atoms with Gasteiger partial charge in [-0.3, -0.25) is 9.52 Å². The van der Waals surface area contributed by atoms with Gasteiger partial charge < -0.3 is 5.32 Å². The quantitative estimate of drug-likeness (QED) is 0.722. The Morgan fingerprint density at radius 1 is 1.28 bits per heavy atom. The van der Waals surface area contributed by atoms with Crippen molar-refractivity contribution in [2.75, 3.05) is 16.7 Å². The molecule has 0 spiro atoms. The molecule has 0 saturated carbocycles. The number of hydrogen-bond acceptors (Lipinski definition) is 5. The number of amides is 1. The van der Waals surface area contributed by atoms with Crippen molar-refractivity contribution < 1.29 is 13.2 Å². The average Bonchev–Trinajstić information content (AvgIpc) is 2.54. The van der Waals surface area contributed by atoms with E-state index < -0.39 is 10.0 Å². The summed E-state index contributed by atoms with van der Waals surface area (Å²) in [5.74, 6) is 0.640. The van der Waals surface area contributed by atoms with Gasteiger partial charge in [0.2, 0.25) is 10.0 Å². The van der Waals surface area contributed by atoms with Crippen LogP contribution >= 0.6 is 11.8 Å². The Balaban J connectivity index is 2.18. The van der Waals surface area contributed by atoms with Crippen molar-refractivity contribution in [3.63, 3.8) is 0 Å². The molecule has 0 fully saturated rings. The van der Waals surface area contributed by atoms with Gasteiger partial charge in [-0.05, 0) is 36.4 Å². The second kappa shape index (κ2) is 8.35. The summed E-state index contributed by atoms with van der Waals surface area (Å²) in [7, 11) is -3.40. The predicted octanol–water partition coefficient (Wildman–Crippen LogP) is 3.06. The molecule has 2 rings (SSSR count). The number of anilines is 1. The molecule has 1 atom stereocenters. The topological polar surface area (TPSA) is 88.2 Å². The van der Waals surface area contributed by atoms with Crippen LogP contribution in [0.3, 0.4) is 0 Å². The van der Waals surface area contributed by atoms with Gasteiger partial charge in [-0.15, -0.1) is 11.8 Å². The lowest BCUT2D eigenvalue weighted by molar-refractivity contribution is 0.0939. The summed E-state index contributed by atoms with van der Waals surface area (Å²) in [4.78, 5) is 16.7. The molecule has 1 aromatic heterocycles. The molecule has 2 aromatic rings. The van der Waals surface area contributed by atoms with Gasteiger partial charge in [-0.25, -0.2) is 13.4 Å². The number of sulfonamides is 1. The van der Waals surface area contributed by atoms with E-state index in [1.165, 1.54) is 0 Å². The van der Waals surface area contributed by atoms with Crippen LogP contribution in [0.25, 0.3) is 0 Å². The zero-order chi connectivity index (χ0) is 18.4. The van der Waals surface area contributed by atoms with E-state index in [0.717, 1.165) is 17.0 Å². The number of aromatic nitrogens is 1. The third-order valence-corrected chi connectivity index (χ3v) is 4.76. The molecule has 1 aromatic carbocycles. The van der Waals surface area contributed by atoms with Gasteiger partial charge in [0.25, 0.3) is 5.91 Å². The molecule has 0 aliphatic rings. The van der Waals surface area contributed by atoms with Crippen LogP contribution in [0.5, 0.6) is 0 Å². The van der Waals surface area contributed by atoms with Crippen molar-refractivity contribution in [3.8, 4) is 0 Å². The minimum atomic E-state index is -3.40. The minimum absolute atomic E-state index is 0.234. The summed E-state index contributed by atoms with van der Waals surface area (Å²) in [5.41, 5.74) is 1.67. The van der Waals surface area contributed by atoms with E-state index in [2.05, 4.69) is 15.0 Å². The SMILES string of the molecule is CCSc1cc(C(=O)NC(C)c2ccccc2NS(C)(=O)=O)ccn1. The van der Waals surface area contributed by atoms with E-state index in [-0.39, 0.29) is 11.9 Å². The fourth-order valence-corrected chi connectivity index (χ4v) is 3.53. The maximum absolute atomic E-state index is 12.5. The lowest BCUT2D eigenvalue weighted by atomic mass is 10.1. The van der Waals surface area contributed by atoms with Gasteiger partial charge in [0, 0.05) is 11.8 Å². The van der Waals surface area contributed by atoms with E-state index in [4.69, 9.17) is 0 Å². The summed E-state index contributed by atoms with van der Waals surface area (Å²) in [6.45, 7) is 3.83. The third-order valence-electron chi connectivity index (χ3n) is 3.36. The first-order valence-corrected chi connectivity index (χ1v) is 10.6. The van der Waals surface area contributed by atoms with Crippen LogP contribution in [0.1, 0.15) is 35.8 Å². The Morgan fingerprint density at radius 3 is 2.68 bits per heavy atom. The largest absolute Gasteiger partial charge is 0.345 e. The van der Waals surface area contributed by atoms with Crippen molar-refractivity contribution in [2.45, 2.75) is 24.9 Å². The van der Waals surface area contributed by atoms with E-state index >= 15 is 0 Å². The highest BCUT2D eigenvalue weighted by Crippen LogP contribution is 2.24. The number of para-hydroxylation sites is 1. The Kier molecular flexibility index (Phi) is 6.44. The number of carbonyl (C=O) groups excluding carboxylic acids is 1. The van der Waals surface area contributed by atoms with Gasteiger partial charge in [0.1, 0.15) is 0 Å². The normalized spacial score (nSPS) is 12.4. The van der Waals surface area contributed by atoms with Crippen LogP contribution in [-0.4, -0.2) is 31.3 Å². The summed E-state index contributed by atoms with van der Waals surface area (Å²) in [5, 5.41) is 3.69. The Hall–Kier alpha value is -2.06. The van der Waals surface area contributed by atoms with Gasteiger partial charge in [-0.2, -0.15) is 0 Å². The molecule has 0 radical (unpaired) electrons. The molecule has 2 N–H and O–H groups in total. The average molecular weight is 380 g/mol. The summed E-state index contributed by atoms with van der Waals surface area (Å²) in [6.07, 6.45) is 2.70. The number of pyridine rings is 1. The zero-order valence-electron chi connectivity index (χ0n) is 14.3. The monoisotopic (exact) mass is 379 g/mol. The first-order chi connectivity index (χ1) is 11.8. The van der Waals surface area contributed by atoms with Gasteiger partial charge in [0.05, 0.1) is 23.0 Å². The predicted molar refractivity (Wildman–Crippen MR) is 101 cm³/mol. The molecular weight excluding hydrogens is 358 g/mol. The minimum Gasteiger partial charge on any atom is -0.345 e. The maximum atomic E-state index is 12.5. The van der Waals surface area contributed by atoms with Crippen molar-refractivity contribution >= 4 is 33.4 Å². The molecule has 134 valence electrons. The number of hydrogen-bond donors (Lipinski definition) is 2. The molecule has 1 unspecified atom stereocenters. The zero-order valence-corrected chi connectivity index (χ0v) is 15.9. The van der Waals surface area contributed by atoms with Gasteiger partial charge in [-0.1, -0.05) is 25.1 Å².